The summed E-state index contributed by atoms with van der Waals surface area (Å²) in [7, 11) is 0. The van der Waals surface area contributed by atoms with Crippen molar-refractivity contribution in [2.75, 3.05) is 12.9 Å². The highest BCUT2D eigenvalue weighted by Crippen LogP contribution is 2.25. The Morgan fingerprint density at radius 2 is 1.96 bits per heavy atom. The average Bonchev–Trinajstić information content (AvgIpc) is 2.67. The van der Waals surface area contributed by atoms with Crippen molar-refractivity contribution in [2.24, 2.45) is 0 Å². The fraction of sp³-hybridized carbons (Fsp3) is 0.143. The molecule has 0 aliphatic heterocycles. The van der Waals surface area contributed by atoms with Crippen LogP contribution >= 0.6 is 11.8 Å². The summed E-state index contributed by atoms with van der Waals surface area (Å²) in [4.78, 5) is 25.8. The normalized spacial score (nSPS) is 11.2. The summed E-state index contributed by atoms with van der Waals surface area (Å²) in [5.74, 6) is 0.0990. The van der Waals surface area contributed by atoms with E-state index < -0.39 is 11.4 Å². The molecule has 0 radical (unpaired) electrons. The first-order valence-corrected chi connectivity index (χ1v) is 9.41. The quantitative estimate of drug-likeness (QED) is 0.271. The third-order valence-electron chi connectivity index (χ3n) is 3.83. The number of ketones is 1. The molecule has 4 nitrogen and oxygen atoms in total. The van der Waals surface area contributed by atoms with E-state index in [1.807, 2.05) is 37.4 Å². The van der Waals surface area contributed by atoms with Crippen molar-refractivity contribution in [1.29, 1.82) is 0 Å². The summed E-state index contributed by atoms with van der Waals surface area (Å²) in [6.07, 6.45) is 5.08. The fourth-order valence-electron chi connectivity index (χ4n) is 2.54. The van der Waals surface area contributed by atoms with E-state index in [9.17, 15) is 9.59 Å². The number of hydrogen-bond acceptors (Lipinski definition) is 5. The number of benzene rings is 2. The molecule has 0 amide bonds. The van der Waals surface area contributed by atoms with Gasteiger partial charge in [0.25, 0.3) is 0 Å². The van der Waals surface area contributed by atoms with Crippen LogP contribution in [0, 0.1) is 0 Å². The predicted molar refractivity (Wildman–Crippen MR) is 105 cm³/mol. The fourth-order valence-corrected chi connectivity index (χ4v) is 2.94. The lowest BCUT2D eigenvalue weighted by Gasteiger charge is -2.06. The second-order valence-electron chi connectivity index (χ2n) is 5.53. The number of thioether (sulfide) groups is 1. The third-order valence-corrected chi connectivity index (χ3v) is 4.58. The molecular formula is C21H18O4S. The number of fused-ring (bicyclic) bond motifs is 1. The van der Waals surface area contributed by atoms with E-state index in [2.05, 4.69) is 0 Å². The van der Waals surface area contributed by atoms with Crippen LogP contribution < -0.4 is 10.4 Å². The molecule has 0 saturated carbocycles. The molecule has 0 spiro atoms. The summed E-state index contributed by atoms with van der Waals surface area (Å²) in [6.45, 7) is 2.31. The van der Waals surface area contributed by atoms with Gasteiger partial charge in [0.1, 0.15) is 5.56 Å². The first kappa shape index (κ1) is 18.0. The molecule has 0 aliphatic carbocycles. The SMILES string of the molecule is CCOc1cccc2cc(C(=O)/C=C/c3ccc(SC)cc3)c(=O)oc12. The third kappa shape index (κ3) is 3.89. The van der Waals surface area contributed by atoms with E-state index in [1.165, 1.54) is 6.08 Å². The van der Waals surface area contributed by atoms with Crippen LogP contribution in [-0.4, -0.2) is 18.6 Å². The molecular weight excluding hydrogens is 348 g/mol. The van der Waals surface area contributed by atoms with E-state index in [1.54, 1.807) is 42.1 Å². The molecule has 5 heteroatoms. The number of allylic oxidation sites excluding steroid dienone is 1. The Kier molecular flexibility index (Phi) is 5.58. The highest BCUT2D eigenvalue weighted by molar-refractivity contribution is 7.98. The Morgan fingerprint density at radius 1 is 1.19 bits per heavy atom. The minimum absolute atomic E-state index is 0.00290. The van der Waals surface area contributed by atoms with Gasteiger partial charge in [0, 0.05) is 10.3 Å². The monoisotopic (exact) mass is 366 g/mol. The molecule has 0 N–H and O–H groups in total. The highest BCUT2D eigenvalue weighted by atomic mass is 32.2. The largest absolute Gasteiger partial charge is 0.490 e. The molecule has 0 unspecified atom stereocenters. The van der Waals surface area contributed by atoms with Crippen LogP contribution in [0.15, 0.2) is 68.7 Å². The summed E-state index contributed by atoms with van der Waals surface area (Å²) in [5.41, 5.74) is 0.577. The van der Waals surface area contributed by atoms with Gasteiger partial charge in [0.15, 0.2) is 17.1 Å². The van der Waals surface area contributed by atoms with Crippen LogP contribution in [0.5, 0.6) is 5.75 Å². The number of rotatable bonds is 6. The number of para-hydroxylation sites is 1. The van der Waals surface area contributed by atoms with Crippen molar-refractivity contribution in [3.05, 3.63) is 76.2 Å². The second kappa shape index (κ2) is 8.06. The lowest BCUT2D eigenvalue weighted by atomic mass is 10.1. The molecule has 0 saturated heterocycles. The van der Waals surface area contributed by atoms with Crippen molar-refractivity contribution >= 4 is 34.6 Å². The van der Waals surface area contributed by atoms with Crippen molar-refractivity contribution in [3.8, 4) is 5.75 Å². The maximum atomic E-state index is 12.4. The van der Waals surface area contributed by atoms with Gasteiger partial charge in [0.2, 0.25) is 0 Å². The molecule has 2 aromatic carbocycles. The van der Waals surface area contributed by atoms with E-state index in [0.29, 0.717) is 23.3 Å². The lowest BCUT2D eigenvalue weighted by molar-refractivity contribution is 0.104. The van der Waals surface area contributed by atoms with Crippen molar-refractivity contribution in [2.45, 2.75) is 11.8 Å². The predicted octanol–water partition coefficient (Wildman–Crippen LogP) is 4.81. The van der Waals surface area contributed by atoms with Gasteiger partial charge in [-0.2, -0.15) is 0 Å². The Morgan fingerprint density at radius 3 is 2.65 bits per heavy atom. The maximum absolute atomic E-state index is 12.4. The van der Waals surface area contributed by atoms with Gasteiger partial charge in [-0.3, -0.25) is 4.79 Å². The van der Waals surface area contributed by atoms with Gasteiger partial charge in [-0.15, -0.1) is 11.8 Å². The van der Waals surface area contributed by atoms with Gasteiger partial charge in [-0.05, 0) is 49.1 Å². The van der Waals surface area contributed by atoms with Gasteiger partial charge in [-0.25, -0.2) is 4.79 Å². The van der Waals surface area contributed by atoms with Gasteiger partial charge >= 0.3 is 5.63 Å². The molecule has 0 atom stereocenters. The van der Waals surface area contributed by atoms with Gasteiger partial charge in [-0.1, -0.05) is 30.3 Å². The van der Waals surface area contributed by atoms with Crippen LogP contribution in [0.25, 0.3) is 17.0 Å². The topological polar surface area (TPSA) is 56.5 Å². The van der Waals surface area contributed by atoms with Gasteiger partial charge in [0.05, 0.1) is 6.61 Å². The van der Waals surface area contributed by atoms with E-state index >= 15 is 0 Å². The molecule has 132 valence electrons. The first-order valence-electron chi connectivity index (χ1n) is 8.18. The molecule has 1 aromatic heterocycles. The summed E-state index contributed by atoms with van der Waals surface area (Å²) < 4.78 is 10.8. The van der Waals surface area contributed by atoms with Crippen LogP contribution in [0.2, 0.25) is 0 Å². The summed E-state index contributed by atoms with van der Waals surface area (Å²) in [5, 5.41) is 0.650. The van der Waals surface area contributed by atoms with Crippen LogP contribution in [0.1, 0.15) is 22.8 Å². The molecule has 26 heavy (non-hydrogen) atoms. The standard InChI is InChI=1S/C21H18O4S/c1-3-24-19-6-4-5-15-13-17(21(23)25-20(15)19)18(22)12-9-14-7-10-16(26-2)11-8-14/h4-13H,3H2,1-2H3/b12-9+. The molecule has 1 heterocycles. The maximum Gasteiger partial charge on any atom is 0.347 e. The molecule has 3 rings (SSSR count). The van der Waals surface area contributed by atoms with Crippen LogP contribution in [-0.2, 0) is 0 Å². The second-order valence-corrected chi connectivity index (χ2v) is 6.41. The van der Waals surface area contributed by atoms with Crippen molar-refractivity contribution in [3.63, 3.8) is 0 Å². The first-order chi connectivity index (χ1) is 12.6. The zero-order valence-corrected chi connectivity index (χ0v) is 15.3. The Hall–Kier alpha value is -2.79. The number of hydrogen-bond donors (Lipinski definition) is 0. The van der Waals surface area contributed by atoms with Crippen LogP contribution in [0.3, 0.4) is 0 Å². The smallest absolute Gasteiger partial charge is 0.347 e. The minimum atomic E-state index is -0.669. The number of carbonyl (C=O) groups excluding carboxylic acids is 1. The summed E-state index contributed by atoms with van der Waals surface area (Å²) in [6, 6.07) is 14.7. The van der Waals surface area contributed by atoms with Crippen molar-refractivity contribution in [1.82, 2.24) is 0 Å². The average molecular weight is 366 g/mol. The minimum Gasteiger partial charge on any atom is -0.490 e. The van der Waals surface area contributed by atoms with Gasteiger partial charge < -0.3 is 9.15 Å². The molecule has 3 aromatic rings. The highest BCUT2D eigenvalue weighted by Gasteiger charge is 2.13. The van der Waals surface area contributed by atoms with Crippen LogP contribution in [0.4, 0.5) is 0 Å². The lowest BCUT2D eigenvalue weighted by Crippen LogP contribution is -2.12. The van der Waals surface area contributed by atoms with E-state index in [0.717, 1.165) is 10.5 Å². The van der Waals surface area contributed by atoms with E-state index in [-0.39, 0.29) is 5.56 Å². The number of ether oxygens (including phenoxy) is 1. The Labute approximate surface area is 155 Å². The van der Waals surface area contributed by atoms with Crippen molar-refractivity contribution < 1.29 is 13.9 Å². The molecule has 0 fully saturated rings. The Bertz CT molecular complexity index is 1020. The van der Waals surface area contributed by atoms with E-state index in [4.69, 9.17) is 9.15 Å². The zero-order valence-electron chi connectivity index (χ0n) is 14.5. The number of carbonyl (C=O) groups is 1. The molecule has 0 bridgehead atoms. The Balaban J connectivity index is 1.91. The summed E-state index contributed by atoms with van der Waals surface area (Å²) >= 11 is 1.65. The zero-order chi connectivity index (χ0) is 18.5. The molecule has 0 aliphatic rings.